The lowest BCUT2D eigenvalue weighted by Crippen LogP contribution is -2.44. The van der Waals surface area contributed by atoms with Crippen molar-refractivity contribution in [3.05, 3.63) is 66.0 Å². The second kappa shape index (κ2) is 9.85. The lowest BCUT2D eigenvalue weighted by molar-refractivity contribution is -0.135. The summed E-state index contributed by atoms with van der Waals surface area (Å²) in [6.45, 7) is 2.34. The number of ether oxygens (including phenoxy) is 1. The Hall–Kier alpha value is -2.93. The molecule has 1 aliphatic rings. The fraction of sp³-hybridized carbons (Fsp3) is 0.381. The van der Waals surface area contributed by atoms with E-state index in [0.717, 1.165) is 17.5 Å². The number of carbonyl (C=O) groups excluding carboxylic acids is 2. The van der Waals surface area contributed by atoms with E-state index in [0.29, 0.717) is 26.2 Å². The third kappa shape index (κ3) is 5.07. The Balaban J connectivity index is 1.69. The molecule has 2 aromatic rings. The monoisotopic (exact) mass is 382 g/mol. The quantitative estimate of drug-likeness (QED) is 0.859. The summed E-state index contributed by atoms with van der Waals surface area (Å²) in [5.74, 6) is -0.0382. The number of hydrogen-bond donors (Lipinski definition) is 1. The summed E-state index contributed by atoms with van der Waals surface area (Å²) in [6.07, 6.45) is 4.19. The van der Waals surface area contributed by atoms with Gasteiger partial charge in [0, 0.05) is 45.7 Å². The van der Waals surface area contributed by atoms with Crippen LogP contribution in [0.15, 0.2) is 54.9 Å². The maximum Gasteiger partial charge on any atom is 0.318 e. The number of carbonyl (C=O) groups is 2. The molecule has 7 heteroatoms. The SMILES string of the molecule is COCC(=O)N1CCCN(C(=O)N[C@@H](c2ccccc2)c2ccncc2)CC1. The zero-order chi connectivity index (χ0) is 19.8. The number of nitrogens with one attached hydrogen (secondary N) is 1. The molecule has 7 nitrogen and oxygen atoms in total. The summed E-state index contributed by atoms with van der Waals surface area (Å²) >= 11 is 0. The molecule has 1 atom stereocenters. The maximum absolute atomic E-state index is 13.0. The van der Waals surface area contributed by atoms with Crippen LogP contribution < -0.4 is 5.32 Å². The molecular weight excluding hydrogens is 356 g/mol. The van der Waals surface area contributed by atoms with Crippen molar-refractivity contribution in [2.45, 2.75) is 12.5 Å². The van der Waals surface area contributed by atoms with Crippen molar-refractivity contribution < 1.29 is 14.3 Å². The largest absolute Gasteiger partial charge is 0.375 e. The highest BCUT2D eigenvalue weighted by molar-refractivity contribution is 5.78. The van der Waals surface area contributed by atoms with E-state index in [9.17, 15) is 9.59 Å². The van der Waals surface area contributed by atoms with Crippen LogP contribution in [-0.2, 0) is 9.53 Å². The van der Waals surface area contributed by atoms with E-state index in [-0.39, 0.29) is 24.6 Å². The van der Waals surface area contributed by atoms with Gasteiger partial charge in [0.05, 0.1) is 6.04 Å². The fourth-order valence-corrected chi connectivity index (χ4v) is 3.36. The molecule has 1 aromatic carbocycles. The normalized spacial score (nSPS) is 15.6. The van der Waals surface area contributed by atoms with Gasteiger partial charge in [0.15, 0.2) is 0 Å². The Bertz CT molecular complexity index is 730. The number of aromatic nitrogens is 1. The molecule has 3 rings (SSSR count). The van der Waals surface area contributed by atoms with Crippen LogP contribution in [0.4, 0.5) is 4.79 Å². The zero-order valence-corrected chi connectivity index (χ0v) is 16.1. The average molecular weight is 382 g/mol. The first kappa shape index (κ1) is 19.8. The van der Waals surface area contributed by atoms with Gasteiger partial charge < -0.3 is 19.9 Å². The van der Waals surface area contributed by atoms with Gasteiger partial charge in [-0.05, 0) is 29.7 Å². The van der Waals surface area contributed by atoms with Crippen LogP contribution in [0.25, 0.3) is 0 Å². The molecule has 148 valence electrons. The van der Waals surface area contributed by atoms with Gasteiger partial charge in [-0.15, -0.1) is 0 Å². The molecule has 0 saturated carbocycles. The second-order valence-corrected chi connectivity index (χ2v) is 6.73. The number of pyridine rings is 1. The Morgan fingerprint density at radius 3 is 2.36 bits per heavy atom. The number of benzene rings is 1. The van der Waals surface area contributed by atoms with Crippen LogP contribution in [0, 0.1) is 0 Å². The molecule has 3 amide bonds. The van der Waals surface area contributed by atoms with Crippen molar-refractivity contribution in [1.82, 2.24) is 20.1 Å². The Morgan fingerprint density at radius 1 is 1.00 bits per heavy atom. The van der Waals surface area contributed by atoms with Crippen LogP contribution in [0.1, 0.15) is 23.6 Å². The van der Waals surface area contributed by atoms with E-state index in [1.54, 1.807) is 22.2 Å². The molecule has 0 radical (unpaired) electrons. The molecule has 2 heterocycles. The highest BCUT2D eigenvalue weighted by atomic mass is 16.5. The second-order valence-electron chi connectivity index (χ2n) is 6.73. The zero-order valence-electron chi connectivity index (χ0n) is 16.1. The minimum atomic E-state index is -0.258. The van der Waals surface area contributed by atoms with Crippen molar-refractivity contribution in [1.29, 1.82) is 0 Å². The van der Waals surface area contributed by atoms with Crippen molar-refractivity contribution >= 4 is 11.9 Å². The molecule has 0 aliphatic carbocycles. The summed E-state index contributed by atoms with van der Waals surface area (Å²) in [4.78, 5) is 32.6. The summed E-state index contributed by atoms with van der Waals surface area (Å²) < 4.78 is 4.93. The van der Waals surface area contributed by atoms with Gasteiger partial charge in [-0.2, -0.15) is 0 Å². The first-order valence-electron chi connectivity index (χ1n) is 9.46. The number of rotatable bonds is 5. The molecule has 1 saturated heterocycles. The predicted octanol–water partition coefficient (Wildman–Crippen LogP) is 2.06. The van der Waals surface area contributed by atoms with E-state index in [2.05, 4.69) is 10.3 Å². The van der Waals surface area contributed by atoms with E-state index >= 15 is 0 Å². The first-order chi connectivity index (χ1) is 13.7. The third-order valence-corrected chi connectivity index (χ3v) is 4.84. The summed E-state index contributed by atoms with van der Waals surface area (Å²) in [6, 6.07) is 13.3. The number of nitrogens with zero attached hydrogens (tertiary/aromatic N) is 3. The van der Waals surface area contributed by atoms with Gasteiger partial charge >= 0.3 is 6.03 Å². The molecule has 28 heavy (non-hydrogen) atoms. The van der Waals surface area contributed by atoms with Crippen LogP contribution in [-0.4, -0.2) is 66.6 Å². The van der Waals surface area contributed by atoms with Crippen LogP contribution >= 0.6 is 0 Å². The highest BCUT2D eigenvalue weighted by Gasteiger charge is 2.24. The van der Waals surface area contributed by atoms with E-state index in [4.69, 9.17) is 4.74 Å². The summed E-state index contributed by atoms with van der Waals surface area (Å²) in [7, 11) is 1.51. The average Bonchev–Trinajstić information content (AvgIpc) is 3.00. The van der Waals surface area contributed by atoms with Crippen LogP contribution in [0.5, 0.6) is 0 Å². The lowest BCUT2D eigenvalue weighted by atomic mass is 10.00. The van der Waals surface area contributed by atoms with Crippen molar-refractivity contribution in [3.8, 4) is 0 Å². The first-order valence-corrected chi connectivity index (χ1v) is 9.46. The number of amides is 3. The molecule has 1 fully saturated rings. The van der Waals surface area contributed by atoms with Crippen LogP contribution in [0.2, 0.25) is 0 Å². The molecular formula is C21H26N4O3. The maximum atomic E-state index is 13.0. The van der Waals surface area contributed by atoms with E-state index in [1.165, 1.54) is 7.11 Å². The van der Waals surface area contributed by atoms with Crippen molar-refractivity contribution in [2.24, 2.45) is 0 Å². The smallest absolute Gasteiger partial charge is 0.318 e. The van der Waals surface area contributed by atoms with Gasteiger partial charge in [0.2, 0.25) is 5.91 Å². The van der Waals surface area contributed by atoms with Gasteiger partial charge in [0.25, 0.3) is 0 Å². The minimum Gasteiger partial charge on any atom is -0.375 e. The van der Waals surface area contributed by atoms with Gasteiger partial charge in [0.1, 0.15) is 6.61 Å². The summed E-state index contributed by atoms with van der Waals surface area (Å²) in [5.41, 5.74) is 1.98. The Kier molecular flexibility index (Phi) is 6.97. The molecule has 1 aromatic heterocycles. The number of methoxy groups -OCH3 is 1. The van der Waals surface area contributed by atoms with Gasteiger partial charge in [-0.25, -0.2) is 4.79 Å². The molecule has 1 N–H and O–H groups in total. The minimum absolute atomic E-state index is 0.0382. The number of urea groups is 1. The Morgan fingerprint density at radius 2 is 1.64 bits per heavy atom. The highest BCUT2D eigenvalue weighted by Crippen LogP contribution is 2.21. The van der Waals surface area contributed by atoms with Gasteiger partial charge in [-0.3, -0.25) is 9.78 Å². The molecule has 1 aliphatic heterocycles. The molecule has 0 unspecified atom stereocenters. The molecule has 0 spiro atoms. The Labute approximate surface area is 165 Å². The number of hydrogen-bond acceptors (Lipinski definition) is 4. The van der Waals surface area contributed by atoms with Crippen LogP contribution in [0.3, 0.4) is 0 Å². The summed E-state index contributed by atoms with van der Waals surface area (Å²) in [5, 5.41) is 3.15. The molecule has 0 bridgehead atoms. The van der Waals surface area contributed by atoms with Gasteiger partial charge in [-0.1, -0.05) is 30.3 Å². The van der Waals surface area contributed by atoms with Crippen molar-refractivity contribution in [2.75, 3.05) is 39.9 Å². The standard InChI is InChI=1S/C21H26N4O3/c1-28-16-19(26)24-12-5-13-25(15-14-24)21(27)23-20(17-6-3-2-4-7-17)18-8-10-22-11-9-18/h2-4,6-11,20H,5,12-16H2,1H3,(H,23,27)/t20-/m0/s1. The van der Waals surface area contributed by atoms with E-state index in [1.807, 2.05) is 42.5 Å². The fourth-order valence-electron chi connectivity index (χ4n) is 3.36. The predicted molar refractivity (Wildman–Crippen MR) is 106 cm³/mol. The van der Waals surface area contributed by atoms with E-state index < -0.39 is 0 Å². The third-order valence-electron chi connectivity index (χ3n) is 4.84. The topological polar surface area (TPSA) is 74.8 Å². The lowest BCUT2D eigenvalue weighted by Gasteiger charge is -2.26. The van der Waals surface area contributed by atoms with Crippen molar-refractivity contribution in [3.63, 3.8) is 0 Å².